The molecule has 1 aliphatic heterocycles. The molecule has 10 heteroatoms. The van der Waals surface area contributed by atoms with E-state index in [0.717, 1.165) is 34.8 Å². The van der Waals surface area contributed by atoms with Crippen LogP contribution in [0.1, 0.15) is 32.6 Å². The molecule has 8 nitrogen and oxygen atoms in total. The number of carbonyl (C=O) groups excluding carboxylic acids is 1. The molecule has 0 spiro atoms. The molecule has 2 aromatic carbocycles. The number of aromatic nitrogens is 2. The Bertz CT molecular complexity index is 1270. The Kier molecular flexibility index (Phi) is 8.58. The van der Waals surface area contributed by atoms with Crippen LogP contribution < -0.4 is 9.62 Å². The topological polar surface area (TPSA) is 98.4 Å². The predicted octanol–water partition coefficient (Wildman–Crippen LogP) is 4.11. The van der Waals surface area contributed by atoms with Gasteiger partial charge in [0.15, 0.2) is 5.16 Å². The maximum atomic E-state index is 13.7. The number of hydrogen-bond acceptors (Lipinski definition) is 6. The Hall–Kier alpha value is -2.56. The lowest BCUT2D eigenvalue weighted by Gasteiger charge is -2.33. The summed E-state index contributed by atoms with van der Waals surface area (Å²) in [6.45, 7) is 3.52. The summed E-state index contributed by atoms with van der Waals surface area (Å²) in [6.07, 6.45) is 6.45. The van der Waals surface area contributed by atoms with Crippen molar-refractivity contribution in [3.63, 3.8) is 0 Å². The van der Waals surface area contributed by atoms with Gasteiger partial charge in [-0.25, -0.2) is 13.4 Å². The Morgan fingerprint density at radius 1 is 1.19 bits per heavy atom. The largest absolute Gasteiger partial charge is 0.377 e. The van der Waals surface area contributed by atoms with Gasteiger partial charge in [-0.1, -0.05) is 43.0 Å². The molecule has 0 unspecified atom stereocenters. The Labute approximate surface area is 217 Å². The van der Waals surface area contributed by atoms with Crippen LogP contribution in [0.2, 0.25) is 0 Å². The standard InChI is InChI=1S/C26H35N5O3S2/c1-19-12-16-31(17-13-19)25(32)22(9-6-18-35-26-27-14-15-28-26)29-36(33,34)24-11-5-7-20-21(24)8-4-10-23(20)30(2)3/h4-5,7-8,10-11,14-15,19,22,29H,6,9,12-13,16-18H2,1-3H3,(H,27,28)/t22-/m0/s1. The SMILES string of the molecule is CC1CCN(C(=O)[C@H](CCCSc2ncc[nH]2)NS(=O)(=O)c2cccc3c(N(C)C)cccc23)CC1. The number of imidazole rings is 1. The number of benzene rings is 2. The summed E-state index contributed by atoms with van der Waals surface area (Å²) in [7, 11) is -0.0774. The summed E-state index contributed by atoms with van der Waals surface area (Å²) >= 11 is 1.56. The number of aromatic amines is 1. The number of carbonyl (C=O) groups is 1. The number of hydrogen-bond donors (Lipinski definition) is 2. The van der Waals surface area contributed by atoms with Gasteiger partial charge >= 0.3 is 0 Å². The van der Waals surface area contributed by atoms with Crippen LogP contribution in [0.5, 0.6) is 0 Å². The van der Waals surface area contributed by atoms with Gasteiger partial charge in [0.2, 0.25) is 15.9 Å². The zero-order valence-electron chi connectivity index (χ0n) is 21.1. The van der Waals surface area contributed by atoms with Crippen molar-refractivity contribution in [3.8, 4) is 0 Å². The minimum atomic E-state index is -3.94. The third-order valence-corrected chi connectivity index (χ3v) is 9.19. The Morgan fingerprint density at radius 2 is 1.92 bits per heavy atom. The van der Waals surface area contributed by atoms with Crippen LogP contribution in [0.4, 0.5) is 5.69 Å². The van der Waals surface area contributed by atoms with Gasteiger partial charge in [-0.3, -0.25) is 4.79 Å². The van der Waals surface area contributed by atoms with Crippen molar-refractivity contribution in [1.82, 2.24) is 19.6 Å². The number of thioether (sulfide) groups is 1. The molecule has 2 N–H and O–H groups in total. The number of anilines is 1. The van der Waals surface area contributed by atoms with Crippen molar-refractivity contribution in [2.75, 3.05) is 37.8 Å². The normalized spacial score (nSPS) is 15.8. The van der Waals surface area contributed by atoms with E-state index in [4.69, 9.17) is 0 Å². The van der Waals surface area contributed by atoms with Gasteiger partial charge in [-0.15, -0.1) is 0 Å². The van der Waals surface area contributed by atoms with Crippen molar-refractivity contribution in [2.45, 2.75) is 48.7 Å². The first-order chi connectivity index (χ1) is 17.3. The fourth-order valence-electron chi connectivity index (χ4n) is 4.61. The molecule has 4 rings (SSSR count). The number of sulfonamides is 1. The van der Waals surface area contributed by atoms with Crippen LogP contribution in [-0.4, -0.2) is 68.2 Å². The van der Waals surface area contributed by atoms with E-state index in [0.29, 0.717) is 37.2 Å². The van der Waals surface area contributed by atoms with E-state index in [-0.39, 0.29) is 10.8 Å². The quantitative estimate of drug-likeness (QED) is 0.303. The molecule has 194 valence electrons. The smallest absolute Gasteiger partial charge is 0.241 e. The van der Waals surface area contributed by atoms with Gasteiger partial charge in [0.05, 0.1) is 4.90 Å². The molecule has 1 aromatic heterocycles. The highest BCUT2D eigenvalue weighted by Gasteiger charge is 2.31. The van der Waals surface area contributed by atoms with Crippen molar-refractivity contribution >= 4 is 44.2 Å². The molecule has 36 heavy (non-hydrogen) atoms. The fraction of sp³-hybridized carbons (Fsp3) is 0.462. The average molecular weight is 530 g/mol. The monoisotopic (exact) mass is 529 g/mol. The highest BCUT2D eigenvalue weighted by atomic mass is 32.2. The molecule has 0 bridgehead atoms. The third kappa shape index (κ3) is 6.22. The number of nitrogens with one attached hydrogen (secondary N) is 2. The van der Waals surface area contributed by atoms with Gasteiger partial charge in [0.25, 0.3) is 0 Å². The maximum Gasteiger partial charge on any atom is 0.241 e. The lowest BCUT2D eigenvalue weighted by atomic mass is 9.98. The molecule has 3 aromatic rings. The molecule has 0 saturated carbocycles. The second-order valence-corrected chi connectivity index (χ2v) is 12.4. The van der Waals surface area contributed by atoms with E-state index in [9.17, 15) is 13.2 Å². The summed E-state index contributed by atoms with van der Waals surface area (Å²) in [5.41, 5.74) is 0.939. The molecule has 1 fully saturated rings. The number of rotatable bonds is 10. The van der Waals surface area contributed by atoms with E-state index < -0.39 is 16.1 Å². The van der Waals surface area contributed by atoms with Crippen molar-refractivity contribution < 1.29 is 13.2 Å². The molecule has 1 saturated heterocycles. The summed E-state index contributed by atoms with van der Waals surface area (Å²) in [5, 5.41) is 2.31. The minimum absolute atomic E-state index is 0.136. The lowest BCUT2D eigenvalue weighted by molar-refractivity contribution is -0.134. The predicted molar refractivity (Wildman–Crippen MR) is 146 cm³/mol. The first-order valence-electron chi connectivity index (χ1n) is 12.4. The molecule has 1 atom stereocenters. The zero-order valence-corrected chi connectivity index (χ0v) is 22.7. The Balaban J connectivity index is 1.56. The van der Waals surface area contributed by atoms with Gasteiger partial charge in [0, 0.05) is 61.8 Å². The molecular formula is C26H35N5O3S2. The van der Waals surface area contributed by atoms with Gasteiger partial charge < -0.3 is 14.8 Å². The second-order valence-electron chi connectivity index (χ2n) is 9.59. The van der Waals surface area contributed by atoms with Crippen LogP contribution in [-0.2, 0) is 14.8 Å². The summed E-state index contributed by atoms with van der Waals surface area (Å²) in [5.74, 6) is 1.18. The third-order valence-electron chi connectivity index (χ3n) is 6.67. The summed E-state index contributed by atoms with van der Waals surface area (Å²) < 4.78 is 30.1. The molecule has 0 aliphatic carbocycles. The summed E-state index contributed by atoms with van der Waals surface area (Å²) in [6, 6.07) is 10.1. The lowest BCUT2D eigenvalue weighted by Crippen LogP contribution is -2.50. The zero-order chi connectivity index (χ0) is 25.7. The van der Waals surface area contributed by atoms with Crippen molar-refractivity contribution in [3.05, 3.63) is 48.8 Å². The van der Waals surface area contributed by atoms with Gasteiger partial charge in [0.1, 0.15) is 6.04 Å². The van der Waals surface area contributed by atoms with Gasteiger partial charge in [-0.2, -0.15) is 4.72 Å². The van der Waals surface area contributed by atoms with E-state index in [1.807, 2.05) is 48.2 Å². The number of piperidine rings is 1. The number of H-pyrrole nitrogens is 1. The highest BCUT2D eigenvalue weighted by Crippen LogP contribution is 2.30. The van der Waals surface area contributed by atoms with Crippen LogP contribution in [0.15, 0.2) is 58.8 Å². The average Bonchev–Trinajstić information content (AvgIpc) is 3.38. The molecule has 1 aliphatic rings. The molecule has 0 radical (unpaired) electrons. The van der Waals surface area contributed by atoms with Crippen molar-refractivity contribution in [1.29, 1.82) is 0 Å². The Morgan fingerprint density at radius 3 is 2.61 bits per heavy atom. The molecule has 1 amide bonds. The van der Waals surface area contributed by atoms with E-state index in [1.54, 1.807) is 36.3 Å². The van der Waals surface area contributed by atoms with Crippen LogP contribution in [0.3, 0.4) is 0 Å². The maximum absolute atomic E-state index is 13.7. The fourth-order valence-corrected chi connectivity index (χ4v) is 6.84. The number of nitrogens with zero attached hydrogens (tertiary/aromatic N) is 3. The van der Waals surface area contributed by atoms with E-state index >= 15 is 0 Å². The number of likely N-dealkylation sites (tertiary alicyclic amines) is 1. The van der Waals surface area contributed by atoms with E-state index in [1.165, 1.54) is 0 Å². The first kappa shape index (κ1) is 26.5. The van der Waals surface area contributed by atoms with Crippen molar-refractivity contribution in [2.24, 2.45) is 5.92 Å². The first-order valence-corrected chi connectivity index (χ1v) is 14.9. The van der Waals surface area contributed by atoms with Crippen LogP contribution in [0, 0.1) is 5.92 Å². The van der Waals surface area contributed by atoms with Crippen LogP contribution >= 0.6 is 11.8 Å². The number of fused-ring (bicyclic) bond motifs is 1. The number of amides is 1. The minimum Gasteiger partial charge on any atom is -0.377 e. The van der Waals surface area contributed by atoms with E-state index in [2.05, 4.69) is 21.6 Å². The highest BCUT2D eigenvalue weighted by molar-refractivity contribution is 7.99. The van der Waals surface area contributed by atoms with Gasteiger partial charge in [-0.05, 0) is 43.7 Å². The summed E-state index contributed by atoms with van der Waals surface area (Å²) in [4.78, 5) is 24.8. The molecular weight excluding hydrogens is 494 g/mol. The van der Waals surface area contributed by atoms with Crippen LogP contribution in [0.25, 0.3) is 10.8 Å². The second kappa shape index (κ2) is 11.7. The molecule has 2 heterocycles.